The number of hydrogen-bond donors (Lipinski definition) is 2. The lowest BCUT2D eigenvalue weighted by atomic mass is 9.71. The summed E-state index contributed by atoms with van der Waals surface area (Å²) in [5.74, 6) is -2.56. The number of nitrogens with zero attached hydrogens (tertiary/aromatic N) is 1. The van der Waals surface area contributed by atoms with Crippen molar-refractivity contribution in [3.8, 4) is 0 Å². The van der Waals surface area contributed by atoms with Crippen molar-refractivity contribution in [3.05, 3.63) is 59.3 Å². The van der Waals surface area contributed by atoms with E-state index in [1.54, 1.807) is 46.4 Å². The number of aliphatic hydroxyl groups is 2. The molecule has 4 saturated heterocycles. The fourth-order valence-electron chi connectivity index (χ4n) is 10.8. The Bertz CT molecular complexity index is 1830. The Morgan fingerprint density at radius 2 is 1.62 bits per heavy atom. The molecule has 7 rings (SSSR count). The monoisotopic (exact) mass is 914 g/mol. The van der Waals surface area contributed by atoms with E-state index in [-0.39, 0.29) is 61.0 Å². The number of carbonyl (C=O) groups excluding carboxylic acids is 1. The summed E-state index contributed by atoms with van der Waals surface area (Å²) in [5.41, 5.74) is 0.143. The molecule has 0 radical (unpaired) electrons. The first-order valence-electron chi connectivity index (χ1n) is 23.9. The summed E-state index contributed by atoms with van der Waals surface area (Å²) in [6.45, 7) is 18.0. The molecule has 364 valence electrons. The van der Waals surface area contributed by atoms with E-state index >= 15 is 0 Å². The second-order valence-corrected chi connectivity index (χ2v) is 19.4. The molecule has 0 amide bonds. The van der Waals surface area contributed by atoms with Crippen molar-refractivity contribution in [2.24, 2.45) is 28.8 Å². The standard InChI is InChI=1S/C50H75NO14/c1-12-27(3)44-30(6)19-20-49(64-44)25-36-22-35(63-49)18-17-29(5)43(28(4)15-14-16-34-26-57-47-42(52)31(7)21-37(48(53)60-36)50(34,47)54)61-40-23-38(55-10)45(32(8)58-40)62-41-24-39(56-11)46(33(9)59-41)65-51-13-2/h13-17,19-21,27-28,30,32-33,35-47,52,54H,12,18,22-26H2,1-11H3/b15-14+,29-17+,34-16+,51-13+/t27?,28-,30-,32-,33-,35+,36-,37-,38-,39-,40-,41-,42+,43-,44+,45-,46-,47+,49+,50+/m0/s1. The van der Waals surface area contributed by atoms with E-state index in [1.807, 2.05) is 39.0 Å². The number of ether oxygens (including phenoxy) is 10. The Morgan fingerprint density at radius 1 is 0.923 bits per heavy atom. The highest BCUT2D eigenvalue weighted by Gasteiger charge is 2.60. The van der Waals surface area contributed by atoms with Crippen LogP contribution in [-0.2, 0) is 57.0 Å². The summed E-state index contributed by atoms with van der Waals surface area (Å²) in [5, 5.41) is 27.7. The van der Waals surface area contributed by atoms with Gasteiger partial charge in [-0.2, -0.15) is 0 Å². The maximum absolute atomic E-state index is 14.4. The molecular formula is C50H75NO14. The minimum absolute atomic E-state index is 0.0329. The fourth-order valence-corrected chi connectivity index (χ4v) is 10.8. The maximum Gasteiger partial charge on any atom is 0.316 e. The van der Waals surface area contributed by atoms with Gasteiger partial charge in [0.2, 0.25) is 0 Å². The van der Waals surface area contributed by atoms with Gasteiger partial charge in [0.1, 0.15) is 42.0 Å². The van der Waals surface area contributed by atoms with E-state index in [9.17, 15) is 15.0 Å². The Balaban J connectivity index is 1.16. The van der Waals surface area contributed by atoms with Gasteiger partial charge in [0.05, 0.1) is 43.2 Å². The minimum Gasteiger partial charge on any atom is -0.462 e. The van der Waals surface area contributed by atoms with Gasteiger partial charge in [0.25, 0.3) is 0 Å². The first-order valence-corrected chi connectivity index (χ1v) is 23.9. The van der Waals surface area contributed by atoms with E-state index < -0.39 is 72.5 Å². The highest BCUT2D eigenvalue weighted by Crippen LogP contribution is 2.47. The second-order valence-electron chi connectivity index (χ2n) is 19.4. The Morgan fingerprint density at radius 3 is 2.31 bits per heavy atom. The lowest BCUT2D eigenvalue weighted by Crippen LogP contribution is -2.58. The van der Waals surface area contributed by atoms with Gasteiger partial charge >= 0.3 is 5.97 Å². The van der Waals surface area contributed by atoms with Crippen LogP contribution in [0.25, 0.3) is 0 Å². The highest BCUT2D eigenvalue weighted by atomic mass is 16.7. The van der Waals surface area contributed by atoms with Crippen LogP contribution >= 0.6 is 0 Å². The van der Waals surface area contributed by atoms with Crippen molar-refractivity contribution in [1.82, 2.24) is 0 Å². The van der Waals surface area contributed by atoms with E-state index in [1.165, 1.54) is 0 Å². The summed E-state index contributed by atoms with van der Waals surface area (Å²) in [4.78, 5) is 20.0. The Kier molecular flexibility index (Phi) is 16.4. The normalized spacial score (nSPS) is 47.5. The van der Waals surface area contributed by atoms with Crippen LogP contribution in [0, 0.1) is 23.7 Å². The lowest BCUT2D eigenvalue weighted by Gasteiger charge is -2.48. The summed E-state index contributed by atoms with van der Waals surface area (Å²) < 4.78 is 64.5. The van der Waals surface area contributed by atoms with Crippen LogP contribution in [-0.4, -0.2) is 140 Å². The van der Waals surface area contributed by atoms with Gasteiger partial charge in [-0.15, -0.1) is 0 Å². The third-order valence-corrected chi connectivity index (χ3v) is 14.8. The zero-order valence-electron chi connectivity index (χ0n) is 40.2. The van der Waals surface area contributed by atoms with Gasteiger partial charge in [-0.05, 0) is 69.8 Å². The van der Waals surface area contributed by atoms with E-state index in [0.29, 0.717) is 43.3 Å². The molecule has 65 heavy (non-hydrogen) atoms. The average Bonchev–Trinajstić information content (AvgIpc) is 3.62. The molecule has 0 aromatic rings. The number of aliphatic hydroxyl groups excluding tert-OH is 1. The minimum atomic E-state index is -1.84. The smallest absolute Gasteiger partial charge is 0.316 e. The number of hydrogen-bond acceptors (Lipinski definition) is 15. The topological polar surface area (TPSA) is 171 Å². The molecule has 1 spiro atoms. The first kappa shape index (κ1) is 50.1. The van der Waals surface area contributed by atoms with Crippen LogP contribution in [0.15, 0.2) is 64.4 Å². The number of methoxy groups -OCH3 is 2. The molecular weight excluding hydrogens is 839 g/mol. The number of fused-ring (bicyclic) bond motifs is 2. The average molecular weight is 914 g/mol. The summed E-state index contributed by atoms with van der Waals surface area (Å²) in [6, 6.07) is 0. The van der Waals surface area contributed by atoms with Crippen LogP contribution < -0.4 is 0 Å². The molecule has 20 atom stereocenters. The number of esters is 1. The van der Waals surface area contributed by atoms with Crippen LogP contribution in [0.3, 0.4) is 0 Å². The van der Waals surface area contributed by atoms with Gasteiger partial charge in [-0.25, -0.2) is 0 Å². The number of oxime groups is 1. The van der Waals surface area contributed by atoms with Crippen LogP contribution in [0.4, 0.5) is 0 Å². The van der Waals surface area contributed by atoms with Crippen molar-refractivity contribution in [2.45, 2.75) is 198 Å². The van der Waals surface area contributed by atoms with Gasteiger partial charge in [-0.1, -0.05) is 75.7 Å². The van der Waals surface area contributed by atoms with Gasteiger partial charge in [-0.3, -0.25) is 4.79 Å². The molecule has 15 nitrogen and oxygen atoms in total. The molecule has 0 saturated carbocycles. The third-order valence-electron chi connectivity index (χ3n) is 14.8. The number of allylic oxidation sites excluding steroid dienone is 2. The second kappa shape index (κ2) is 21.2. The molecule has 0 aromatic heterocycles. The van der Waals surface area contributed by atoms with Crippen molar-refractivity contribution in [3.63, 3.8) is 0 Å². The molecule has 2 bridgehead atoms. The van der Waals surface area contributed by atoms with Crippen molar-refractivity contribution in [1.29, 1.82) is 0 Å². The molecule has 15 heteroatoms. The molecule has 6 heterocycles. The molecule has 1 aliphatic carbocycles. The van der Waals surface area contributed by atoms with Gasteiger partial charge < -0.3 is 62.4 Å². The number of carbonyl (C=O) groups is 1. The SMILES string of the molecule is C/C=N/O[C@H]1[C@H](C)O[C@@H](O[C@H]2[C@H](C)O[C@@H](O[C@@H]3/C(C)=C/C[C@@H]4C[C@@H](C[C@]5(C=C[C@H](C)[C@@H](C(C)CC)O5)O4)OC(=O)[C@@H]4C=C(C)[C@@H](O)[C@H]5OC/C(=C\C=C\[C@@H]3C)[C@]54O)C[C@@H]2OC)C[C@@H]1OC. The molecule has 4 fully saturated rings. The predicted molar refractivity (Wildman–Crippen MR) is 240 cm³/mol. The fraction of sp³-hybridized carbons (Fsp3) is 0.760. The lowest BCUT2D eigenvalue weighted by molar-refractivity contribution is -0.321. The largest absolute Gasteiger partial charge is 0.462 e. The predicted octanol–water partition coefficient (Wildman–Crippen LogP) is 6.41. The zero-order chi connectivity index (χ0) is 46.8. The molecule has 2 N–H and O–H groups in total. The van der Waals surface area contributed by atoms with Crippen LogP contribution in [0.1, 0.15) is 101 Å². The van der Waals surface area contributed by atoms with Crippen LogP contribution in [0.5, 0.6) is 0 Å². The van der Waals surface area contributed by atoms with Crippen molar-refractivity contribution in [2.75, 3.05) is 20.8 Å². The quantitative estimate of drug-likeness (QED) is 0.107. The molecule has 6 aliphatic heterocycles. The maximum atomic E-state index is 14.4. The van der Waals surface area contributed by atoms with Crippen molar-refractivity contribution >= 4 is 12.2 Å². The van der Waals surface area contributed by atoms with Gasteiger partial charge in [0.15, 0.2) is 24.5 Å². The molecule has 7 aliphatic rings. The zero-order valence-corrected chi connectivity index (χ0v) is 40.2. The van der Waals surface area contributed by atoms with E-state index in [4.69, 9.17) is 52.2 Å². The van der Waals surface area contributed by atoms with E-state index in [0.717, 1.165) is 12.0 Å². The third kappa shape index (κ3) is 10.6. The summed E-state index contributed by atoms with van der Waals surface area (Å²) >= 11 is 0. The Labute approximate surface area is 385 Å². The molecule has 0 aromatic carbocycles. The molecule has 1 unspecified atom stereocenters. The summed E-state index contributed by atoms with van der Waals surface area (Å²) in [6.07, 6.45) is 10.9. The highest BCUT2D eigenvalue weighted by molar-refractivity contribution is 5.78. The number of rotatable bonds is 10. The Hall–Kier alpha value is -2.80. The van der Waals surface area contributed by atoms with Crippen molar-refractivity contribution < 1.29 is 67.2 Å². The summed E-state index contributed by atoms with van der Waals surface area (Å²) in [7, 11) is 3.31. The van der Waals surface area contributed by atoms with E-state index in [2.05, 4.69) is 45.0 Å². The first-order chi connectivity index (χ1) is 31.0. The van der Waals surface area contributed by atoms with Gasteiger partial charge in [0, 0.05) is 58.0 Å². The van der Waals surface area contributed by atoms with Crippen LogP contribution in [0.2, 0.25) is 0 Å².